The molecule has 3 rings (SSSR count). The SMILES string of the molecule is CC(NCC(O)c1ccc(F)cc1)c1ccc(-n2cncn2)cc1. The van der Waals surface area contributed by atoms with Gasteiger partial charge >= 0.3 is 0 Å². The molecule has 2 aromatic carbocycles. The van der Waals surface area contributed by atoms with Gasteiger partial charge in [-0.15, -0.1) is 0 Å². The highest BCUT2D eigenvalue weighted by Crippen LogP contribution is 2.17. The van der Waals surface area contributed by atoms with Crippen molar-refractivity contribution in [3.63, 3.8) is 0 Å². The van der Waals surface area contributed by atoms with Crippen LogP contribution in [0.2, 0.25) is 0 Å². The second-order valence-corrected chi connectivity index (χ2v) is 5.63. The highest BCUT2D eigenvalue weighted by Gasteiger charge is 2.11. The molecule has 1 heterocycles. The molecule has 2 N–H and O–H groups in total. The molecule has 0 fully saturated rings. The van der Waals surface area contributed by atoms with Gasteiger partial charge in [-0.25, -0.2) is 14.1 Å². The first kappa shape index (κ1) is 16.3. The van der Waals surface area contributed by atoms with Crippen molar-refractivity contribution in [2.45, 2.75) is 19.1 Å². The van der Waals surface area contributed by atoms with E-state index in [9.17, 15) is 9.50 Å². The number of rotatable bonds is 6. The highest BCUT2D eigenvalue weighted by atomic mass is 19.1. The van der Waals surface area contributed by atoms with Gasteiger partial charge < -0.3 is 10.4 Å². The Hall–Kier alpha value is -2.57. The van der Waals surface area contributed by atoms with E-state index in [-0.39, 0.29) is 11.9 Å². The summed E-state index contributed by atoms with van der Waals surface area (Å²) < 4.78 is 14.6. The Balaban J connectivity index is 1.58. The molecule has 0 aliphatic carbocycles. The Morgan fingerprint density at radius 3 is 2.38 bits per heavy atom. The maximum absolute atomic E-state index is 12.9. The summed E-state index contributed by atoms with van der Waals surface area (Å²) in [5.41, 5.74) is 2.73. The Morgan fingerprint density at radius 2 is 1.75 bits per heavy atom. The third-order valence-electron chi connectivity index (χ3n) is 3.95. The number of hydrogen-bond donors (Lipinski definition) is 2. The monoisotopic (exact) mass is 326 g/mol. The maximum atomic E-state index is 12.9. The minimum absolute atomic E-state index is 0.0740. The van der Waals surface area contributed by atoms with Gasteiger partial charge in [0.25, 0.3) is 0 Å². The van der Waals surface area contributed by atoms with E-state index < -0.39 is 6.10 Å². The second kappa shape index (κ2) is 7.33. The standard InChI is InChI=1S/C18H19FN4O/c1-13(21-10-18(24)15-2-6-16(19)7-3-15)14-4-8-17(9-5-14)23-12-20-11-22-23/h2-9,11-13,18,21,24H,10H2,1H3. The minimum Gasteiger partial charge on any atom is -0.387 e. The molecule has 6 heteroatoms. The van der Waals surface area contributed by atoms with E-state index in [1.807, 2.05) is 31.2 Å². The number of halogens is 1. The summed E-state index contributed by atoms with van der Waals surface area (Å²) >= 11 is 0. The van der Waals surface area contributed by atoms with Crippen LogP contribution in [0.15, 0.2) is 61.2 Å². The van der Waals surface area contributed by atoms with Crippen LogP contribution < -0.4 is 5.32 Å². The molecule has 124 valence electrons. The van der Waals surface area contributed by atoms with Gasteiger partial charge in [0.15, 0.2) is 0 Å². The van der Waals surface area contributed by atoms with E-state index in [2.05, 4.69) is 15.4 Å². The zero-order valence-electron chi connectivity index (χ0n) is 13.3. The van der Waals surface area contributed by atoms with Crippen molar-refractivity contribution >= 4 is 0 Å². The summed E-state index contributed by atoms with van der Waals surface area (Å²) in [6.45, 7) is 2.42. The van der Waals surface area contributed by atoms with Crippen molar-refractivity contribution in [1.82, 2.24) is 20.1 Å². The zero-order valence-corrected chi connectivity index (χ0v) is 13.3. The van der Waals surface area contributed by atoms with Crippen LogP contribution in [0, 0.1) is 5.82 Å². The Labute approximate surface area is 139 Å². The lowest BCUT2D eigenvalue weighted by Crippen LogP contribution is -2.24. The second-order valence-electron chi connectivity index (χ2n) is 5.63. The molecular weight excluding hydrogens is 307 g/mol. The lowest BCUT2D eigenvalue weighted by atomic mass is 10.1. The predicted molar refractivity (Wildman–Crippen MR) is 89.1 cm³/mol. The van der Waals surface area contributed by atoms with Crippen molar-refractivity contribution in [3.8, 4) is 5.69 Å². The molecule has 2 atom stereocenters. The molecule has 5 nitrogen and oxygen atoms in total. The first-order valence-electron chi connectivity index (χ1n) is 7.75. The summed E-state index contributed by atoms with van der Waals surface area (Å²) in [5, 5.41) is 17.6. The molecule has 0 saturated carbocycles. The van der Waals surface area contributed by atoms with Gasteiger partial charge in [-0.3, -0.25) is 0 Å². The first-order chi connectivity index (χ1) is 11.6. The Kier molecular flexibility index (Phi) is 4.98. The van der Waals surface area contributed by atoms with Crippen LogP contribution in [0.25, 0.3) is 5.69 Å². The number of aliphatic hydroxyl groups excluding tert-OH is 1. The molecular formula is C18H19FN4O. The van der Waals surface area contributed by atoms with Gasteiger partial charge in [-0.2, -0.15) is 5.10 Å². The van der Waals surface area contributed by atoms with Crippen molar-refractivity contribution in [1.29, 1.82) is 0 Å². The van der Waals surface area contributed by atoms with E-state index in [0.717, 1.165) is 11.3 Å². The van der Waals surface area contributed by atoms with Crippen LogP contribution in [0.3, 0.4) is 0 Å². The van der Waals surface area contributed by atoms with Gasteiger partial charge in [0.05, 0.1) is 11.8 Å². The maximum Gasteiger partial charge on any atom is 0.138 e. The third-order valence-corrected chi connectivity index (χ3v) is 3.95. The van der Waals surface area contributed by atoms with Gasteiger partial charge in [0, 0.05) is 12.6 Å². The number of nitrogens with zero attached hydrogens (tertiary/aromatic N) is 3. The van der Waals surface area contributed by atoms with Gasteiger partial charge in [-0.1, -0.05) is 24.3 Å². The molecule has 0 saturated heterocycles. The summed E-state index contributed by atoms with van der Waals surface area (Å²) in [6.07, 6.45) is 2.47. The molecule has 3 aromatic rings. The first-order valence-corrected chi connectivity index (χ1v) is 7.75. The molecule has 0 radical (unpaired) electrons. The summed E-state index contributed by atoms with van der Waals surface area (Å²) in [7, 11) is 0. The highest BCUT2D eigenvalue weighted by molar-refractivity contribution is 5.34. The normalized spacial score (nSPS) is 13.6. The minimum atomic E-state index is -0.678. The van der Waals surface area contributed by atoms with E-state index in [0.29, 0.717) is 12.1 Å². The Morgan fingerprint density at radius 1 is 1.08 bits per heavy atom. The smallest absolute Gasteiger partial charge is 0.138 e. The van der Waals surface area contributed by atoms with Crippen LogP contribution in [-0.4, -0.2) is 26.4 Å². The van der Waals surface area contributed by atoms with Crippen LogP contribution in [0.1, 0.15) is 30.2 Å². The quantitative estimate of drug-likeness (QED) is 0.731. The third kappa shape index (κ3) is 3.84. The number of benzene rings is 2. The lowest BCUT2D eigenvalue weighted by molar-refractivity contribution is 0.170. The molecule has 0 aliphatic rings. The molecule has 1 aromatic heterocycles. The van der Waals surface area contributed by atoms with Crippen molar-refractivity contribution in [3.05, 3.63) is 78.1 Å². The molecule has 24 heavy (non-hydrogen) atoms. The molecule has 0 spiro atoms. The average Bonchev–Trinajstić information content (AvgIpc) is 3.15. The molecule has 0 amide bonds. The fourth-order valence-corrected chi connectivity index (χ4v) is 2.47. The van der Waals surface area contributed by atoms with Crippen molar-refractivity contribution in [2.24, 2.45) is 0 Å². The van der Waals surface area contributed by atoms with Gasteiger partial charge in [0.2, 0.25) is 0 Å². The average molecular weight is 326 g/mol. The fraction of sp³-hybridized carbons (Fsp3) is 0.222. The number of nitrogens with one attached hydrogen (secondary N) is 1. The summed E-state index contributed by atoms with van der Waals surface area (Å²) in [4.78, 5) is 3.93. The summed E-state index contributed by atoms with van der Waals surface area (Å²) in [5.74, 6) is -0.306. The summed E-state index contributed by atoms with van der Waals surface area (Å²) in [6, 6.07) is 13.9. The molecule has 2 unspecified atom stereocenters. The van der Waals surface area contributed by atoms with Crippen molar-refractivity contribution in [2.75, 3.05) is 6.54 Å². The van der Waals surface area contributed by atoms with Crippen LogP contribution in [0.5, 0.6) is 0 Å². The van der Waals surface area contributed by atoms with Crippen LogP contribution in [0.4, 0.5) is 4.39 Å². The van der Waals surface area contributed by atoms with Gasteiger partial charge in [-0.05, 0) is 42.3 Å². The predicted octanol–water partition coefficient (Wildman–Crippen LogP) is 2.79. The van der Waals surface area contributed by atoms with Crippen molar-refractivity contribution < 1.29 is 9.50 Å². The number of aliphatic hydroxyl groups is 1. The fourth-order valence-electron chi connectivity index (χ4n) is 2.47. The topological polar surface area (TPSA) is 63.0 Å². The number of aromatic nitrogens is 3. The van der Waals surface area contributed by atoms with E-state index in [1.54, 1.807) is 23.1 Å². The van der Waals surface area contributed by atoms with E-state index >= 15 is 0 Å². The molecule has 0 aliphatic heterocycles. The number of hydrogen-bond acceptors (Lipinski definition) is 4. The van der Waals surface area contributed by atoms with E-state index in [4.69, 9.17) is 0 Å². The molecule has 0 bridgehead atoms. The van der Waals surface area contributed by atoms with Gasteiger partial charge in [0.1, 0.15) is 18.5 Å². The van der Waals surface area contributed by atoms with Crippen LogP contribution >= 0.6 is 0 Å². The lowest BCUT2D eigenvalue weighted by Gasteiger charge is -2.18. The van der Waals surface area contributed by atoms with Crippen LogP contribution in [-0.2, 0) is 0 Å². The largest absolute Gasteiger partial charge is 0.387 e. The zero-order chi connectivity index (χ0) is 16.9. The van der Waals surface area contributed by atoms with E-state index in [1.165, 1.54) is 18.5 Å². The Bertz CT molecular complexity index is 757.